The summed E-state index contributed by atoms with van der Waals surface area (Å²) in [7, 11) is 0. The van der Waals surface area contributed by atoms with Crippen molar-refractivity contribution in [2.24, 2.45) is 0 Å². The Balaban J connectivity index is 1.72. The standard InChI is InChI=1S/C15H15N3O2/c1-10-9-12(17-20-10)13-6-4-8-18(13)15-16-11-5-2-3-7-14(11)19-15/h2-3,5,7,9,13H,4,6,8H2,1H3/t13-/m0/s1. The maximum atomic E-state index is 5.87. The Morgan fingerprint density at radius 2 is 2.20 bits per heavy atom. The van der Waals surface area contributed by atoms with Gasteiger partial charge < -0.3 is 13.8 Å². The molecule has 102 valence electrons. The highest BCUT2D eigenvalue weighted by Crippen LogP contribution is 2.36. The quantitative estimate of drug-likeness (QED) is 0.713. The average Bonchev–Trinajstić information content (AvgIpc) is 3.15. The third-order valence-electron chi connectivity index (χ3n) is 3.77. The first kappa shape index (κ1) is 11.5. The van der Waals surface area contributed by atoms with Gasteiger partial charge in [0, 0.05) is 12.6 Å². The molecule has 0 bridgehead atoms. The molecule has 0 spiro atoms. The van der Waals surface area contributed by atoms with Crippen LogP contribution in [0, 0.1) is 6.92 Å². The second-order valence-electron chi connectivity index (χ2n) is 5.18. The molecule has 1 atom stereocenters. The van der Waals surface area contributed by atoms with E-state index in [-0.39, 0.29) is 6.04 Å². The lowest BCUT2D eigenvalue weighted by atomic mass is 10.1. The van der Waals surface area contributed by atoms with Gasteiger partial charge in [-0.1, -0.05) is 17.3 Å². The molecule has 3 aromatic rings. The summed E-state index contributed by atoms with van der Waals surface area (Å²) in [6.07, 6.45) is 2.15. The molecule has 5 nitrogen and oxygen atoms in total. The van der Waals surface area contributed by atoms with E-state index in [4.69, 9.17) is 8.94 Å². The van der Waals surface area contributed by atoms with Gasteiger partial charge in [-0.05, 0) is 31.9 Å². The number of rotatable bonds is 2. The average molecular weight is 269 g/mol. The summed E-state index contributed by atoms with van der Waals surface area (Å²) >= 11 is 0. The predicted molar refractivity (Wildman–Crippen MR) is 74.6 cm³/mol. The maximum Gasteiger partial charge on any atom is 0.298 e. The molecule has 4 rings (SSSR count). The third kappa shape index (κ3) is 1.78. The largest absolute Gasteiger partial charge is 0.423 e. The molecule has 1 aliphatic rings. The van der Waals surface area contributed by atoms with Crippen molar-refractivity contribution in [1.82, 2.24) is 10.1 Å². The van der Waals surface area contributed by atoms with Crippen LogP contribution < -0.4 is 4.90 Å². The smallest absolute Gasteiger partial charge is 0.298 e. The minimum atomic E-state index is 0.195. The van der Waals surface area contributed by atoms with E-state index in [9.17, 15) is 0 Å². The molecular weight excluding hydrogens is 254 g/mol. The number of anilines is 1. The molecule has 5 heteroatoms. The number of hydrogen-bond donors (Lipinski definition) is 0. The Bertz CT molecular complexity index is 713. The monoisotopic (exact) mass is 269 g/mol. The Labute approximate surface area is 116 Å². The molecular formula is C15H15N3O2. The molecule has 0 saturated carbocycles. The number of hydrogen-bond acceptors (Lipinski definition) is 5. The van der Waals surface area contributed by atoms with Crippen molar-refractivity contribution in [2.75, 3.05) is 11.4 Å². The lowest BCUT2D eigenvalue weighted by molar-refractivity contribution is 0.384. The van der Waals surface area contributed by atoms with E-state index in [1.807, 2.05) is 37.3 Å². The summed E-state index contributed by atoms with van der Waals surface area (Å²) in [6.45, 7) is 2.85. The number of aromatic nitrogens is 2. The van der Waals surface area contributed by atoms with Crippen molar-refractivity contribution in [2.45, 2.75) is 25.8 Å². The number of fused-ring (bicyclic) bond motifs is 1. The van der Waals surface area contributed by atoms with Crippen molar-refractivity contribution in [3.63, 3.8) is 0 Å². The molecule has 3 heterocycles. The molecule has 0 aliphatic carbocycles. The van der Waals surface area contributed by atoms with Gasteiger partial charge in [-0.3, -0.25) is 0 Å². The zero-order chi connectivity index (χ0) is 13.5. The van der Waals surface area contributed by atoms with Crippen molar-refractivity contribution in [3.05, 3.63) is 41.8 Å². The van der Waals surface area contributed by atoms with Gasteiger partial charge in [0.1, 0.15) is 17.0 Å². The summed E-state index contributed by atoms with van der Waals surface area (Å²) in [4.78, 5) is 6.76. The van der Waals surface area contributed by atoms with E-state index >= 15 is 0 Å². The minimum Gasteiger partial charge on any atom is -0.423 e. The zero-order valence-electron chi connectivity index (χ0n) is 11.2. The number of benzene rings is 1. The molecule has 2 aromatic heterocycles. The van der Waals surface area contributed by atoms with E-state index in [2.05, 4.69) is 15.0 Å². The molecule has 0 unspecified atom stereocenters. The predicted octanol–water partition coefficient (Wildman–Crippen LogP) is 3.47. The zero-order valence-corrected chi connectivity index (χ0v) is 11.2. The van der Waals surface area contributed by atoms with Crippen LogP contribution in [0.2, 0.25) is 0 Å². The molecule has 1 saturated heterocycles. The number of aryl methyl sites for hydroxylation is 1. The molecule has 1 fully saturated rings. The fraction of sp³-hybridized carbons (Fsp3) is 0.333. The second-order valence-corrected chi connectivity index (χ2v) is 5.18. The molecule has 0 radical (unpaired) electrons. The highest BCUT2D eigenvalue weighted by atomic mass is 16.5. The molecule has 1 aliphatic heterocycles. The topological polar surface area (TPSA) is 55.3 Å². The highest BCUT2D eigenvalue weighted by molar-refractivity contribution is 5.74. The van der Waals surface area contributed by atoms with Crippen molar-refractivity contribution in [3.8, 4) is 0 Å². The summed E-state index contributed by atoms with van der Waals surface area (Å²) in [5.41, 5.74) is 2.68. The SMILES string of the molecule is Cc1cc([C@@H]2CCCN2c2nc3ccccc3o2)no1. The van der Waals surface area contributed by atoms with E-state index in [1.165, 1.54) is 0 Å². The highest BCUT2D eigenvalue weighted by Gasteiger charge is 2.31. The van der Waals surface area contributed by atoms with E-state index in [0.717, 1.165) is 41.9 Å². The summed E-state index contributed by atoms with van der Waals surface area (Å²) in [5, 5.41) is 4.14. The Kier molecular flexibility index (Phi) is 2.52. The summed E-state index contributed by atoms with van der Waals surface area (Å²) in [5.74, 6) is 0.837. The normalized spacial score (nSPS) is 19.1. The van der Waals surface area contributed by atoms with Crippen molar-refractivity contribution < 1.29 is 8.94 Å². The third-order valence-corrected chi connectivity index (χ3v) is 3.77. The Morgan fingerprint density at radius 1 is 1.30 bits per heavy atom. The molecule has 1 aromatic carbocycles. The van der Waals surface area contributed by atoms with Crippen LogP contribution in [0.15, 0.2) is 39.3 Å². The summed E-state index contributed by atoms with van der Waals surface area (Å²) in [6, 6.07) is 10.7. The lowest BCUT2D eigenvalue weighted by Crippen LogP contribution is -2.22. The first-order valence-corrected chi connectivity index (χ1v) is 6.87. The van der Waals surface area contributed by atoms with Gasteiger partial charge in [0.15, 0.2) is 5.58 Å². The minimum absolute atomic E-state index is 0.195. The van der Waals surface area contributed by atoms with Gasteiger partial charge in [-0.25, -0.2) is 0 Å². The molecule has 0 amide bonds. The molecule has 20 heavy (non-hydrogen) atoms. The van der Waals surface area contributed by atoms with E-state index < -0.39 is 0 Å². The fourth-order valence-electron chi connectivity index (χ4n) is 2.83. The van der Waals surface area contributed by atoms with Crippen molar-refractivity contribution >= 4 is 17.1 Å². The first-order valence-electron chi connectivity index (χ1n) is 6.87. The number of para-hydroxylation sites is 2. The van der Waals surface area contributed by atoms with Crippen molar-refractivity contribution in [1.29, 1.82) is 0 Å². The summed E-state index contributed by atoms with van der Waals surface area (Å²) < 4.78 is 11.1. The van der Waals surface area contributed by atoms with E-state index in [1.54, 1.807) is 0 Å². The van der Waals surface area contributed by atoms with Crippen LogP contribution in [0.4, 0.5) is 6.01 Å². The number of nitrogens with zero attached hydrogens (tertiary/aromatic N) is 3. The Hall–Kier alpha value is -2.30. The molecule has 0 N–H and O–H groups in total. The van der Waals surface area contributed by atoms with E-state index in [0.29, 0.717) is 6.01 Å². The van der Waals surface area contributed by atoms with Gasteiger partial charge >= 0.3 is 0 Å². The van der Waals surface area contributed by atoms with Gasteiger partial charge in [0.2, 0.25) is 0 Å². The number of oxazole rings is 1. The Morgan fingerprint density at radius 3 is 3.00 bits per heavy atom. The van der Waals surface area contributed by atoms with Crippen LogP contribution in [-0.4, -0.2) is 16.7 Å². The van der Waals surface area contributed by atoms with Gasteiger partial charge in [-0.15, -0.1) is 0 Å². The van der Waals surface area contributed by atoms with Crippen LogP contribution in [0.1, 0.15) is 30.3 Å². The lowest BCUT2D eigenvalue weighted by Gasteiger charge is -2.20. The van der Waals surface area contributed by atoms with Crippen LogP contribution in [0.3, 0.4) is 0 Å². The second kappa shape index (κ2) is 4.37. The van der Waals surface area contributed by atoms with Crippen LogP contribution in [0.5, 0.6) is 0 Å². The fourth-order valence-corrected chi connectivity index (χ4v) is 2.83. The first-order chi connectivity index (χ1) is 9.81. The van der Waals surface area contributed by atoms with Crippen LogP contribution in [0.25, 0.3) is 11.1 Å². The van der Waals surface area contributed by atoms with Crippen LogP contribution >= 0.6 is 0 Å². The maximum absolute atomic E-state index is 5.87. The van der Waals surface area contributed by atoms with Gasteiger partial charge in [0.05, 0.1) is 6.04 Å². The van der Waals surface area contributed by atoms with Crippen LogP contribution in [-0.2, 0) is 0 Å². The van der Waals surface area contributed by atoms with Gasteiger partial charge in [-0.2, -0.15) is 4.98 Å². The van der Waals surface area contributed by atoms with Gasteiger partial charge in [0.25, 0.3) is 6.01 Å².